The second-order valence-corrected chi connectivity index (χ2v) is 17.5. The third kappa shape index (κ3) is 11.6. The third-order valence-electron chi connectivity index (χ3n) is 10.8. The quantitative estimate of drug-likeness (QED) is 0.0694. The van der Waals surface area contributed by atoms with E-state index < -0.39 is 23.6 Å². The van der Waals surface area contributed by atoms with Crippen molar-refractivity contribution in [2.45, 2.75) is 91.0 Å². The minimum absolute atomic E-state index is 0.0183. The minimum Gasteiger partial charge on any atom is -0.494 e. The standard InChI is InChI=1S/C46H56N8O7S/c1-29-41(62-28-47-29)31-17-15-30(16-18-31)26-53(5)44(58)38-24-32(55)27-54(38)45(59)42(46(2,3)4)51-40(56)14-9-7-8-10-23-61-33-19-20-36(39(25-33)60-6)50-43(57)37-13-11-12-34(49-37)35-21-22-48-52-35/h11-13,15-22,25,28,32,38,42,55H,7-10,14,23-24,26-27H2,1-6H3,(H,48,52)(H,50,57)(H,51,56)/t32-,38+,42-/m1/s1. The van der Waals surface area contributed by atoms with Crippen LogP contribution in [-0.2, 0) is 20.9 Å². The number of aliphatic hydroxyl groups is 1. The molecule has 3 atom stereocenters. The van der Waals surface area contributed by atoms with E-state index >= 15 is 0 Å². The number of nitrogens with one attached hydrogen (secondary N) is 3. The molecule has 0 radical (unpaired) electrons. The number of nitrogens with zero attached hydrogens (tertiary/aromatic N) is 5. The van der Waals surface area contributed by atoms with E-state index in [0.29, 0.717) is 48.1 Å². The van der Waals surface area contributed by atoms with E-state index in [2.05, 4.69) is 30.8 Å². The molecule has 4 amide bonds. The molecular weight excluding hydrogens is 809 g/mol. The maximum Gasteiger partial charge on any atom is 0.274 e. The Morgan fingerprint density at radius 2 is 1.81 bits per heavy atom. The lowest BCUT2D eigenvalue weighted by molar-refractivity contribution is -0.147. The van der Waals surface area contributed by atoms with Crippen molar-refractivity contribution in [2.75, 3.05) is 32.6 Å². The fourth-order valence-corrected chi connectivity index (χ4v) is 8.19. The number of pyridine rings is 1. The highest BCUT2D eigenvalue weighted by atomic mass is 32.1. The van der Waals surface area contributed by atoms with Crippen LogP contribution in [-0.4, -0.2) is 104 Å². The molecule has 2 aromatic carbocycles. The number of aryl methyl sites for hydroxylation is 1. The van der Waals surface area contributed by atoms with Crippen molar-refractivity contribution in [2.24, 2.45) is 5.41 Å². The van der Waals surface area contributed by atoms with Gasteiger partial charge < -0.3 is 35.0 Å². The molecule has 16 heteroatoms. The van der Waals surface area contributed by atoms with Crippen LogP contribution in [0.1, 0.15) is 81.0 Å². The Morgan fingerprint density at radius 1 is 1.03 bits per heavy atom. The van der Waals surface area contributed by atoms with E-state index in [1.807, 2.05) is 57.5 Å². The number of anilines is 1. The second kappa shape index (κ2) is 20.6. The number of rotatable bonds is 18. The number of H-pyrrole nitrogens is 1. The number of thiazole rings is 1. The number of carbonyl (C=O) groups excluding carboxylic acids is 4. The largest absolute Gasteiger partial charge is 0.494 e. The van der Waals surface area contributed by atoms with Crippen LogP contribution in [0.2, 0.25) is 0 Å². The van der Waals surface area contributed by atoms with E-state index in [0.717, 1.165) is 41.0 Å². The summed E-state index contributed by atoms with van der Waals surface area (Å²) >= 11 is 1.58. The van der Waals surface area contributed by atoms with E-state index in [1.165, 1.54) is 12.0 Å². The fourth-order valence-electron chi connectivity index (χ4n) is 7.38. The Labute approximate surface area is 366 Å². The number of amides is 4. The number of likely N-dealkylation sites (N-methyl/N-ethyl adjacent to an activating group) is 1. The summed E-state index contributed by atoms with van der Waals surface area (Å²) in [6.45, 7) is 8.41. The molecule has 0 saturated carbocycles. The summed E-state index contributed by atoms with van der Waals surface area (Å²) in [4.78, 5) is 67.0. The molecule has 0 spiro atoms. The summed E-state index contributed by atoms with van der Waals surface area (Å²) in [5.41, 5.74) is 6.16. The Bertz CT molecular complexity index is 2310. The van der Waals surface area contributed by atoms with Crippen molar-refractivity contribution in [1.29, 1.82) is 0 Å². The van der Waals surface area contributed by atoms with E-state index in [-0.39, 0.29) is 48.7 Å². The molecule has 0 unspecified atom stereocenters. The average Bonchev–Trinajstić information content (AvgIpc) is 4.04. The molecule has 0 aliphatic carbocycles. The van der Waals surface area contributed by atoms with E-state index in [1.54, 1.807) is 71.9 Å². The third-order valence-corrected chi connectivity index (χ3v) is 11.7. The number of likely N-dealkylation sites (tertiary alicyclic amines) is 1. The average molecular weight is 865 g/mol. The van der Waals surface area contributed by atoms with Crippen molar-refractivity contribution >= 4 is 40.7 Å². The molecule has 4 heterocycles. The van der Waals surface area contributed by atoms with Crippen molar-refractivity contribution < 1.29 is 33.8 Å². The van der Waals surface area contributed by atoms with Crippen LogP contribution in [0.3, 0.4) is 0 Å². The molecule has 15 nitrogen and oxygen atoms in total. The van der Waals surface area contributed by atoms with Gasteiger partial charge in [0.05, 0.1) is 53.0 Å². The number of β-amino-alcohol motifs (C(OH)–C–C–N with tert-alkyl or cyclic N) is 1. The molecule has 5 aromatic rings. The molecule has 1 saturated heterocycles. The van der Waals surface area contributed by atoms with Gasteiger partial charge in [0.25, 0.3) is 5.91 Å². The van der Waals surface area contributed by atoms with Gasteiger partial charge in [-0.25, -0.2) is 9.97 Å². The number of aromatic amines is 1. The number of aromatic nitrogens is 4. The summed E-state index contributed by atoms with van der Waals surface area (Å²) in [5.74, 6) is -0.246. The topological polar surface area (TPSA) is 192 Å². The second-order valence-electron chi connectivity index (χ2n) is 16.6. The zero-order valence-corrected chi connectivity index (χ0v) is 37.0. The molecule has 1 aliphatic heterocycles. The Kier molecular flexibility index (Phi) is 15.1. The number of hydrogen-bond donors (Lipinski definition) is 4. The Morgan fingerprint density at radius 3 is 2.50 bits per heavy atom. The first kappa shape index (κ1) is 45.4. The highest BCUT2D eigenvalue weighted by Gasteiger charge is 2.45. The van der Waals surface area contributed by atoms with Crippen molar-refractivity contribution in [3.63, 3.8) is 0 Å². The van der Waals surface area contributed by atoms with Crippen LogP contribution in [0.25, 0.3) is 21.8 Å². The number of ether oxygens (including phenoxy) is 2. The van der Waals surface area contributed by atoms with Gasteiger partial charge >= 0.3 is 0 Å². The summed E-state index contributed by atoms with van der Waals surface area (Å²) in [7, 11) is 3.22. The van der Waals surface area contributed by atoms with Crippen LogP contribution in [0.15, 0.2) is 78.4 Å². The van der Waals surface area contributed by atoms with Gasteiger partial charge in [0.2, 0.25) is 17.7 Å². The predicted molar refractivity (Wildman–Crippen MR) is 238 cm³/mol. The summed E-state index contributed by atoms with van der Waals surface area (Å²) in [6.07, 6.45) is 4.12. The van der Waals surface area contributed by atoms with Crippen LogP contribution < -0.4 is 20.1 Å². The maximum absolute atomic E-state index is 14.1. The first-order valence-electron chi connectivity index (χ1n) is 20.8. The number of unbranched alkanes of at least 4 members (excludes halogenated alkanes) is 3. The summed E-state index contributed by atoms with van der Waals surface area (Å²) in [5, 5.41) is 23.3. The van der Waals surface area contributed by atoms with Crippen LogP contribution in [0.4, 0.5) is 5.69 Å². The Hall–Kier alpha value is -6.13. The molecule has 62 heavy (non-hydrogen) atoms. The van der Waals surface area contributed by atoms with Crippen LogP contribution >= 0.6 is 11.3 Å². The molecular formula is C46H56N8O7S. The number of aliphatic hydroxyl groups excluding tert-OH is 1. The van der Waals surface area contributed by atoms with Gasteiger partial charge in [0, 0.05) is 45.2 Å². The number of hydrogen-bond acceptors (Lipinski definition) is 11. The molecule has 6 rings (SSSR count). The molecule has 328 valence electrons. The molecule has 4 N–H and O–H groups in total. The zero-order valence-electron chi connectivity index (χ0n) is 36.1. The summed E-state index contributed by atoms with van der Waals surface area (Å²) < 4.78 is 11.5. The predicted octanol–water partition coefficient (Wildman–Crippen LogP) is 6.65. The Balaban J connectivity index is 0.932. The van der Waals surface area contributed by atoms with Crippen molar-refractivity contribution in [3.8, 4) is 33.3 Å². The summed E-state index contributed by atoms with van der Waals surface area (Å²) in [6, 6.07) is 18.4. The van der Waals surface area contributed by atoms with Gasteiger partial charge in [0.15, 0.2) is 0 Å². The molecule has 1 fully saturated rings. The van der Waals surface area contributed by atoms with Gasteiger partial charge in [-0.2, -0.15) is 5.10 Å². The van der Waals surface area contributed by atoms with Gasteiger partial charge in [-0.15, -0.1) is 11.3 Å². The van der Waals surface area contributed by atoms with Crippen molar-refractivity contribution in [3.05, 3.63) is 95.4 Å². The first-order chi connectivity index (χ1) is 29.7. The lowest BCUT2D eigenvalue weighted by atomic mass is 9.85. The van der Waals surface area contributed by atoms with E-state index in [4.69, 9.17) is 9.47 Å². The zero-order chi connectivity index (χ0) is 44.4. The number of methoxy groups -OCH3 is 1. The minimum atomic E-state index is -0.885. The first-order valence-corrected chi connectivity index (χ1v) is 21.7. The van der Waals surface area contributed by atoms with Gasteiger partial charge in [-0.05, 0) is 66.6 Å². The number of benzene rings is 2. The fraction of sp³-hybridized carbons (Fsp3) is 0.413. The lowest BCUT2D eigenvalue weighted by Gasteiger charge is -2.36. The van der Waals surface area contributed by atoms with Gasteiger partial charge in [-0.1, -0.05) is 63.9 Å². The van der Waals surface area contributed by atoms with Gasteiger partial charge in [-0.3, -0.25) is 24.3 Å². The highest BCUT2D eigenvalue weighted by molar-refractivity contribution is 7.13. The maximum atomic E-state index is 14.1. The molecule has 1 aliphatic rings. The van der Waals surface area contributed by atoms with Crippen LogP contribution in [0, 0.1) is 12.3 Å². The highest BCUT2D eigenvalue weighted by Crippen LogP contribution is 2.31. The SMILES string of the molecule is COc1cc(OCCCCCCC(=O)N[C@H](C(=O)N2C[C@H](O)C[C@H]2C(=O)N(C)Cc2ccc(-c3scnc3C)cc2)C(C)(C)C)ccc1NC(=O)c1cccc(-c2ccn[nH]2)n1. The van der Waals surface area contributed by atoms with E-state index in [9.17, 15) is 24.3 Å². The van der Waals surface area contributed by atoms with Gasteiger partial charge in [0.1, 0.15) is 29.3 Å². The molecule has 3 aromatic heterocycles. The van der Waals surface area contributed by atoms with Crippen molar-refractivity contribution in [1.82, 2.24) is 35.3 Å². The normalized spacial score (nSPS) is 15.5. The number of carbonyl (C=O) groups is 4. The monoisotopic (exact) mass is 864 g/mol. The smallest absolute Gasteiger partial charge is 0.274 e. The lowest BCUT2D eigenvalue weighted by Crippen LogP contribution is -2.57. The molecule has 0 bridgehead atoms. The van der Waals surface area contributed by atoms with Crippen LogP contribution in [0.5, 0.6) is 11.5 Å².